The molecule has 0 amide bonds. The highest BCUT2D eigenvalue weighted by Gasteiger charge is 2.35. The van der Waals surface area contributed by atoms with Gasteiger partial charge in [0, 0.05) is 13.1 Å². The summed E-state index contributed by atoms with van der Waals surface area (Å²) in [5, 5.41) is 13.4. The third-order valence-electron chi connectivity index (χ3n) is 2.42. The van der Waals surface area contributed by atoms with Crippen LogP contribution in [0.5, 0.6) is 0 Å². The van der Waals surface area contributed by atoms with E-state index in [4.69, 9.17) is 0 Å². The predicted molar refractivity (Wildman–Crippen MR) is 66.8 cm³/mol. The average Bonchev–Trinajstić information content (AvgIpc) is 2.33. The van der Waals surface area contributed by atoms with Gasteiger partial charge in [-0.05, 0) is 13.8 Å². The van der Waals surface area contributed by atoms with Crippen LogP contribution in [-0.2, 0) is 0 Å². The van der Waals surface area contributed by atoms with E-state index in [9.17, 15) is 23.3 Å². The number of alkyl halides is 3. The van der Waals surface area contributed by atoms with Crippen LogP contribution in [0.2, 0.25) is 0 Å². The van der Waals surface area contributed by atoms with Gasteiger partial charge in [-0.25, -0.2) is 4.98 Å². The molecule has 0 aliphatic carbocycles. The zero-order chi connectivity index (χ0) is 15.5. The molecule has 0 aromatic carbocycles. The first-order valence-corrected chi connectivity index (χ1v) is 5.68. The summed E-state index contributed by atoms with van der Waals surface area (Å²) in [7, 11) is 1.47. The highest BCUT2D eigenvalue weighted by atomic mass is 19.4. The lowest BCUT2D eigenvalue weighted by Gasteiger charge is -2.28. The number of hydrogen-bond donors (Lipinski definition) is 1. The van der Waals surface area contributed by atoms with Gasteiger partial charge in [-0.2, -0.15) is 18.2 Å². The summed E-state index contributed by atoms with van der Waals surface area (Å²) >= 11 is 0. The summed E-state index contributed by atoms with van der Waals surface area (Å²) in [5.41, 5.74) is -0.568. The van der Waals surface area contributed by atoms with Crippen molar-refractivity contribution in [3.05, 3.63) is 16.3 Å². The summed E-state index contributed by atoms with van der Waals surface area (Å²) in [6, 6.07) is -0.616. The highest BCUT2D eigenvalue weighted by molar-refractivity contribution is 5.59. The minimum Gasteiger partial charge on any atom is -0.357 e. The van der Waals surface area contributed by atoms with E-state index in [1.54, 1.807) is 0 Å². The first kappa shape index (κ1) is 15.9. The van der Waals surface area contributed by atoms with Crippen molar-refractivity contribution in [3.63, 3.8) is 0 Å². The van der Waals surface area contributed by atoms with Crippen molar-refractivity contribution >= 4 is 17.5 Å². The molecular weight excluding hydrogens is 279 g/mol. The molecule has 1 aromatic heterocycles. The molecule has 112 valence electrons. The minimum atomic E-state index is -4.50. The first-order valence-electron chi connectivity index (χ1n) is 5.68. The van der Waals surface area contributed by atoms with Gasteiger partial charge in [0.1, 0.15) is 12.7 Å². The predicted octanol–water partition coefficient (Wildman–Crippen LogP) is 2.20. The molecule has 0 fully saturated rings. The van der Waals surface area contributed by atoms with Gasteiger partial charge in [-0.1, -0.05) is 0 Å². The number of halogens is 3. The fraction of sp³-hybridized carbons (Fsp3) is 0.600. The van der Waals surface area contributed by atoms with Crippen molar-refractivity contribution in [1.29, 1.82) is 0 Å². The molecule has 1 rings (SSSR count). The number of nitrogens with zero attached hydrogens (tertiary/aromatic N) is 4. The lowest BCUT2D eigenvalue weighted by molar-refractivity contribution is -0.384. The van der Waals surface area contributed by atoms with Crippen LogP contribution < -0.4 is 10.2 Å². The normalized spacial score (nSPS) is 11.6. The largest absolute Gasteiger partial charge is 0.405 e. The van der Waals surface area contributed by atoms with Crippen molar-refractivity contribution in [2.75, 3.05) is 23.8 Å². The number of hydrogen-bond acceptors (Lipinski definition) is 6. The number of nitrogens with one attached hydrogen (secondary N) is 1. The van der Waals surface area contributed by atoms with E-state index in [-0.39, 0.29) is 11.8 Å². The number of nitro groups is 1. The monoisotopic (exact) mass is 293 g/mol. The van der Waals surface area contributed by atoms with E-state index < -0.39 is 29.4 Å². The van der Waals surface area contributed by atoms with Crippen LogP contribution in [0.25, 0.3) is 0 Å². The molecule has 1 aromatic rings. The second kappa shape index (κ2) is 5.88. The molecule has 0 saturated heterocycles. The maximum absolute atomic E-state index is 12.6. The Morgan fingerprint density at radius 3 is 2.50 bits per heavy atom. The number of anilines is 2. The van der Waals surface area contributed by atoms with Crippen molar-refractivity contribution in [3.8, 4) is 0 Å². The van der Waals surface area contributed by atoms with E-state index in [0.717, 1.165) is 11.1 Å². The van der Waals surface area contributed by atoms with Crippen LogP contribution >= 0.6 is 0 Å². The van der Waals surface area contributed by atoms with Crippen LogP contribution in [0.15, 0.2) is 6.20 Å². The molecular formula is C10H14F3N5O2. The van der Waals surface area contributed by atoms with Gasteiger partial charge < -0.3 is 10.2 Å². The zero-order valence-electron chi connectivity index (χ0n) is 11.1. The Labute approximate surface area is 113 Å². The topological polar surface area (TPSA) is 84.2 Å². The van der Waals surface area contributed by atoms with Gasteiger partial charge in [-0.15, -0.1) is 0 Å². The summed E-state index contributed by atoms with van der Waals surface area (Å²) < 4.78 is 37.8. The van der Waals surface area contributed by atoms with Gasteiger partial charge >= 0.3 is 11.9 Å². The van der Waals surface area contributed by atoms with Gasteiger partial charge in [0.05, 0.1) is 4.92 Å². The molecule has 10 heteroatoms. The van der Waals surface area contributed by atoms with E-state index >= 15 is 0 Å². The molecule has 0 spiro atoms. The Bertz CT molecular complexity index is 492. The summed E-state index contributed by atoms with van der Waals surface area (Å²) in [5.74, 6) is -0.347. The van der Waals surface area contributed by atoms with Crippen molar-refractivity contribution < 1.29 is 18.1 Å². The summed E-state index contributed by atoms with van der Waals surface area (Å²) in [6.45, 7) is 1.67. The van der Waals surface area contributed by atoms with Crippen molar-refractivity contribution in [1.82, 2.24) is 9.97 Å². The molecule has 20 heavy (non-hydrogen) atoms. The van der Waals surface area contributed by atoms with Crippen LogP contribution in [0.4, 0.5) is 30.6 Å². The SMILES string of the molecule is CNc1ncc([N+](=O)[O-])c(N(CC(F)(F)F)C(C)C)n1. The van der Waals surface area contributed by atoms with E-state index in [2.05, 4.69) is 15.3 Å². The molecule has 1 N–H and O–H groups in total. The Morgan fingerprint density at radius 1 is 1.50 bits per heavy atom. The fourth-order valence-corrected chi connectivity index (χ4v) is 1.52. The fourth-order valence-electron chi connectivity index (χ4n) is 1.52. The lowest BCUT2D eigenvalue weighted by atomic mass is 10.3. The molecule has 0 aliphatic heterocycles. The Hall–Kier alpha value is -2.13. The van der Waals surface area contributed by atoms with Crippen LogP contribution in [0, 0.1) is 10.1 Å². The Kier molecular flexibility index (Phi) is 4.69. The van der Waals surface area contributed by atoms with Gasteiger partial charge in [-0.3, -0.25) is 10.1 Å². The summed E-state index contributed by atoms with van der Waals surface area (Å²) in [6.07, 6.45) is -3.61. The minimum absolute atomic E-state index is 0.0124. The van der Waals surface area contributed by atoms with E-state index in [1.165, 1.54) is 20.9 Å². The molecule has 0 aliphatic rings. The maximum atomic E-state index is 12.6. The molecule has 0 unspecified atom stereocenters. The molecule has 0 bridgehead atoms. The standard InChI is InChI=1S/C10H14F3N5O2/c1-6(2)17(5-10(11,12)13)8-7(18(19)20)4-15-9(14-3)16-8/h4,6H,5H2,1-3H3,(H,14,15,16). The van der Waals surface area contributed by atoms with E-state index in [1.807, 2.05) is 0 Å². The Balaban J connectivity index is 3.33. The lowest BCUT2D eigenvalue weighted by Crippen LogP contribution is -2.40. The molecule has 0 saturated carbocycles. The molecule has 7 nitrogen and oxygen atoms in total. The average molecular weight is 293 g/mol. The van der Waals surface area contributed by atoms with Gasteiger partial charge in [0.2, 0.25) is 11.8 Å². The van der Waals surface area contributed by atoms with E-state index in [0.29, 0.717) is 0 Å². The second-order valence-corrected chi connectivity index (χ2v) is 4.25. The molecule has 0 radical (unpaired) electrons. The highest BCUT2D eigenvalue weighted by Crippen LogP contribution is 2.30. The number of aromatic nitrogens is 2. The number of rotatable bonds is 5. The van der Waals surface area contributed by atoms with Crippen LogP contribution in [0.3, 0.4) is 0 Å². The van der Waals surface area contributed by atoms with Gasteiger partial charge in [0.25, 0.3) is 0 Å². The summed E-state index contributed by atoms with van der Waals surface area (Å²) in [4.78, 5) is 18.4. The Morgan fingerprint density at radius 2 is 2.10 bits per heavy atom. The zero-order valence-corrected chi connectivity index (χ0v) is 11.1. The third-order valence-corrected chi connectivity index (χ3v) is 2.42. The smallest absolute Gasteiger partial charge is 0.357 e. The quantitative estimate of drug-likeness (QED) is 0.662. The maximum Gasteiger partial charge on any atom is 0.405 e. The first-order chi connectivity index (χ1) is 9.15. The molecule has 1 heterocycles. The third kappa shape index (κ3) is 3.93. The van der Waals surface area contributed by atoms with Crippen molar-refractivity contribution in [2.45, 2.75) is 26.1 Å². The van der Waals surface area contributed by atoms with Crippen LogP contribution in [0.1, 0.15) is 13.8 Å². The van der Waals surface area contributed by atoms with Crippen molar-refractivity contribution in [2.24, 2.45) is 0 Å². The second-order valence-electron chi connectivity index (χ2n) is 4.25. The van der Waals surface area contributed by atoms with Gasteiger partial charge in [0.15, 0.2) is 0 Å². The molecule has 0 atom stereocenters. The van der Waals surface area contributed by atoms with Crippen LogP contribution in [-0.4, -0.2) is 40.7 Å².